The highest BCUT2D eigenvalue weighted by atomic mass is 35.5. The molecule has 0 bridgehead atoms. The van der Waals surface area contributed by atoms with Gasteiger partial charge in [-0.1, -0.05) is 65.4 Å². The lowest BCUT2D eigenvalue weighted by Crippen LogP contribution is -2.40. The molecule has 0 N–H and O–H groups in total. The summed E-state index contributed by atoms with van der Waals surface area (Å²) >= 11 is 7.55. The van der Waals surface area contributed by atoms with Gasteiger partial charge in [0, 0.05) is 5.56 Å². The van der Waals surface area contributed by atoms with E-state index in [0.29, 0.717) is 31.7 Å². The van der Waals surface area contributed by atoms with Crippen LogP contribution in [0.5, 0.6) is 11.5 Å². The number of methoxy groups -OCH3 is 1. The highest BCUT2D eigenvalue weighted by Crippen LogP contribution is 2.37. The van der Waals surface area contributed by atoms with Crippen molar-refractivity contribution >= 4 is 40.7 Å². The second-order valence-corrected chi connectivity index (χ2v) is 10.4. The average Bonchev–Trinajstić information content (AvgIpc) is 3.30. The second kappa shape index (κ2) is 12.4. The molecule has 0 amide bonds. The molecule has 0 radical (unpaired) electrons. The van der Waals surface area contributed by atoms with Gasteiger partial charge in [0.15, 0.2) is 22.9 Å². The summed E-state index contributed by atoms with van der Waals surface area (Å²) in [5, 5.41) is 9.07. The Hall–Kier alpha value is -4.72. The molecule has 0 fully saturated rings. The van der Waals surface area contributed by atoms with Gasteiger partial charge in [0.1, 0.15) is 11.9 Å². The van der Waals surface area contributed by atoms with E-state index in [4.69, 9.17) is 36.1 Å². The first-order valence-corrected chi connectivity index (χ1v) is 14.0. The highest BCUT2D eigenvalue weighted by molar-refractivity contribution is 7.07. The van der Waals surface area contributed by atoms with Crippen LogP contribution in [0.1, 0.15) is 29.7 Å². The molecule has 0 saturated heterocycles. The summed E-state index contributed by atoms with van der Waals surface area (Å²) < 4.78 is 31.9. The van der Waals surface area contributed by atoms with Crippen LogP contribution in [0.3, 0.4) is 0 Å². The van der Waals surface area contributed by atoms with Gasteiger partial charge in [-0.05, 0) is 48.4 Å². The van der Waals surface area contributed by atoms with Crippen molar-refractivity contribution in [3.8, 4) is 17.6 Å². The first-order chi connectivity index (χ1) is 20.4. The van der Waals surface area contributed by atoms with Crippen LogP contribution in [0.15, 0.2) is 82.1 Å². The van der Waals surface area contributed by atoms with Crippen LogP contribution in [0, 0.1) is 17.1 Å². The smallest absolute Gasteiger partial charge is 0.338 e. The van der Waals surface area contributed by atoms with E-state index in [-0.39, 0.29) is 35.3 Å². The Morgan fingerprint density at radius 3 is 2.60 bits per heavy atom. The van der Waals surface area contributed by atoms with Gasteiger partial charge in [0.2, 0.25) is 0 Å². The normalized spacial score (nSPS) is 14.5. The van der Waals surface area contributed by atoms with E-state index in [1.807, 2.05) is 36.4 Å². The van der Waals surface area contributed by atoms with E-state index >= 15 is 0 Å². The predicted molar refractivity (Wildman–Crippen MR) is 157 cm³/mol. The zero-order valence-corrected chi connectivity index (χ0v) is 24.0. The Bertz CT molecular complexity index is 1910. The summed E-state index contributed by atoms with van der Waals surface area (Å²) in [7, 11) is 1.44. The number of ether oxygens (including phenoxy) is 3. The van der Waals surface area contributed by atoms with Gasteiger partial charge in [-0.25, -0.2) is 14.2 Å². The number of benzene rings is 3. The van der Waals surface area contributed by atoms with Gasteiger partial charge in [-0.15, -0.1) is 0 Å². The molecule has 0 unspecified atom stereocenters. The molecule has 42 heavy (non-hydrogen) atoms. The molecule has 4 aromatic rings. The van der Waals surface area contributed by atoms with Crippen LogP contribution in [0.4, 0.5) is 4.39 Å². The van der Waals surface area contributed by atoms with Gasteiger partial charge in [-0.3, -0.25) is 9.36 Å². The summed E-state index contributed by atoms with van der Waals surface area (Å²) in [4.78, 5) is 32.6. The van der Waals surface area contributed by atoms with E-state index in [2.05, 4.69) is 0 Å². The maximum Gasteiger partial charge on any atom is 0.338 e. The molecule has 212 valence electrons. The number of carbonyl (C=O) groups excluding carboxylic acids is 1. The number of rotatable bonds is 8. The van der Waals surface area contributed by atoms with Crippen LogP contribution in [0.25, 0.3) is 11.8 Å². The Morgan fingerprint density at radius 1 is 1.19 bits per heavy atom. The van der Waals surface area contributed by atoms with Gasteiger partial charge in [-0.2, -0.15) is 5.26 Å². The Morgan fingerprint density at radius 2 is 1.93 bits per heavy atom. The fourth-order valence-electron chi connectivity index (χ4n) is 4.62. The predicted octanol–water partition coefficient (Wildman–Crippen LogP) is 4.64. The number of hydrogen-bond acceptors (Lipinski definition) is 8. The zero-order chi connectivity index (χ0) is 29.8. The van der Waals surface area contributed by atoms with Crippen molar-refractivity contribution in [3.05, 3.63) is 120 Å². The molecular formula is C31H23ClFN3O5S. The number of hydrogen-bond donors (Lipinski definition) is 0. The molecule has 2 heterocycles. The quantitative estimate of drug-likeness (QED) is 0.272. The Labute approximate surface area is 248 Å². The fourth-order valence-corrected chi connectivity index (χ4v) is 5.89. The number of halogens is 2. The number of thiazole rings is 1. The molecule has 1 aromatic heterocycles. The van der Waals surface area contributed by atoms with Gasteiger partial charge in [0.25, 0.3) is 5.56 Å². The van der Waals surface area contributed by atoms with Crippen molar-refractivity contribution in [2.45, 2.75) is 13.0 Å². The summed E-state index contributed by atoms with van der Waals surface area (Å²) in [5.41, 5.74) is 1.82. The minimum absolute atomic E-state index is 0.113. The SMILES string of the molecule is CCOC(=O)C1=C(c2ccccc2)N=c2s/c(=C\c3cc(Cl)c(OCC#N)c(OC)c3)c(=O)n2[C@@H]1c1ccc(F)cc1. The summed E-state index contributed by atoms with van der Waals surface area (Å²) in [6, 6.07) is 18.9. The van der Waals surface area contributed by atoms with Gasteiger partial charge >= 0.3 is 5.97 Å². The van der Waals surface area contributed by atoms with Crippen molar-refractivity contribution in [1.82, 2.24) is 4.57 Å². The van der Waals surface area contributed by atoms with Crippen LogP contribution in [-0.2, 0) is 9.53 Å². The largest absolute Gasteiger partial charge is 0.493 e. The summed E-state index contributed by atoms with van der Waals surface area (Å²) in [6.07, 6.45) is 1.63. The molecule has 3 aromatic carbocycles. The second-order valence-electron chi connectivity index (χ2n) is 8.96. The summed E-state index contributed by atoms with van der Waals surface area (Å²) in [5.74, 6) is -0.587. The number of fused-ring (bicyclic) bond motifs is 1. The van der Waals surface area contributed by atoms with Gasteiger partial charge in [0.05, 0.1) is 40.6 Å². The third-order valence-corrected chi connectivity index (χ3v) is 7.65. The Kier molecular flexibility index (Phi) is 8.52. The number of nitriles is 1. The van der Waals surface area contributed by atoms with Crippen LogP contribution in [-0.4, -0.2) is 30.9 Å². The van der Waals surface area contributed by atoms with E-state index in [9.17, 15) is 14.0 Å². The third kappa shape index (κ3) is 5.57. The van der Waals surface area contributed by atoms with Crippen molar-refractivity contribution in [2.75, 3.05) is 20.3 Å². The lowest BCUT2D eigenvalue weighted by molar-refractivity contribution is -0.138. The van der Waals surface area contributed by atoms with Crippen LogP contribution < -0.4 is 24.4 Å². The van der Waals surface area contributed by atoms with E-state index in [0.717, 1.165) is 11.3 Å². The maximum atomic E-state index is 14.0. The monoisotopic (exact) mass is 603 g/mol. The zero-order valence-electron chi connectivity index (χ0n) is 22.5. The molecule has 1 aliphatic heterocycles. The fraction of sp³-hybridized carbons (Fsp3) is 0.161. The Balaban J connectivity index is 1.77. The van der Waals surface area contributed by atoms with E-state index < -0.39 is 23.4 Å². The lowest BCUT2D eigenvalue weighted by Gasteiger charge is -2.25. The molecule has 11 heteroatoms. The van der Waals surface area contributed by atoms with Crippen LogP contribution in [0.2, 0.25) is 5.02 Å². The van der Waals surface area contributed by atoms with Crippen molar-refractivity contribution < 1.29 is 23.4 Å². The third-order valence-electron chi connectivity index (χ3n) is 6.39. The molecule has 1 atom stereocenters. The molecule has 0 spiro atoms. The molecule has 0 aliphatic carbocycles. The van der Waals surface area contributed by atoms with Crippen molar-refractivity contribution in [1.29, 1.82) is 5.26 Å². The standard InChI is InChI=1S/C31H23ClFN3O5S/c1-3-40-30(38)25-26(19-7-5-4-6-8-19)35-31-36(27(25)20-9-11-21(33)12-10-20)29(37)24(42-31)17-18-15-22(32)28(41-14-13-34)23(16-18)39-2/h4-12,15-17,27H,3,14H2,1-2H3/b24-17-/t27-/m1/s1. The lowest BCUT2D eigenvalue weighted by atomic mass is 9.93. The van der Waals surface area contributed by atoms with Crippen molar-refractivity contribution in [3.63, 3.8) is 0 Å². The van der Waals surface area contributed by atoms with Crippen molar-refractivity contribution in [2.24, 2.45) is 4.99 Å². The first-order valence-electron chi connectivity index (χ1n) is 12.8. The molecule has 5 rings (SSSR count). The molecule has 0 saturated carbocycles. The van der Waals surface area contributed by atoms with E-state index in [1.165, 1.54) is 35.9 Å². The number of nitrogens with zero attached hydrogens (tertiary/aromatic N) is 3. The maximum absolute atomic E-state index is 14.0. The minimum Gasteiger partial charge on any atom is -0.493 e. The highest BCUT2D eigenvalue weighted by Gasteiger charge is 2.35. The number of aromatic nitrogens is 1. The van der Waals surface area contributed by atoms with Gasteiger partial charge < -0.3 is 14.2 Å². The number of carbonyl (C=O) groups is 1. The molecule has 8 nitrogen and oxygen atoms in total. The minimum atomic E-state index is -0.932. The average molecular weight is 604 g/mol. The topological polar surface area (TPSA) is 103 Å². The van der Waals surface area contributed by atoms with Crippen LogP contribution >= 0.6 is 22.9 Å². The summed E-state index contributed by atoms with van der Waals surface area (Å²) in [6.45, 7) is 1.59. The molecule has 1 aliphatic rings. The number of esters is 1. The molecular weight excluding hydrogens is 581 g/mol. The first kappa shape index (κ1) is 28.8. The van der Waals surface area contributed by atoms with E-state index in [1.54, 1.807) is 25.1 Å².